The molecular formula is C13H17O6P. The molecule has 1 aromatic carbocycles. The van der Waals surface area contributed by atoms with E-state index in [0.29, 0.717) is 0 Å². The molecule has 0 bridgehead atoms. The third-order valence-electron chi connectivity index (χ3n) is 3.09. The molecule has 0 amide bonds. The molecule has 0 aliphatic carbocycles. The minimum Gasteiger partial charge on any atom is -0.481 e. The molecule has 6 nitrogen and oxygen atoms in total. The van der Waals surface area contributed by atoms with E-state index in [2.05, 4.69) is 0 Å². The first-order valence-electron chi connectivity index (χ1n) is 6.13. The fourth-order valence-electron chi connectivity index (χ4n) is 2.05. The molecule has 0 saturated heterocycles. The van der Waals surface area contributed by atoms with Crippen molar-refractivity contribution in [3.8, 4) is 0 Å². The fourth-order valence-corrected chi connectivity index (χ4v) is 3.11. The Kier molecular flexibility index (Phi) is 6.42. The zero-order valence-corrected chi connectivity index (χ0v) is 11.7. The Morgan fingerprint density at radius 2 is 1.75 bits per heavy atom. The van der Waals surface area contributed by atoms with Gasteiger partial charge in [-0.25, -0.2) is 0 Å². The summed E-state index contributed by atoms with van der Waals surface area (Å²) in [4.78, 5) is 31.2. The monoisotopic (exact) mass is 300 g/mol. The second kappa shape index (κ2) is 7.82. The highest BCUT2D eigenvalue weighted by molar-refractivity contribution is 7.39. The maximum absolute atomic E-state index is 11.5. The molecule has 3 unspecified atom stereocenters. The van der Waals surface area contributed by atoms with Gasteiger partial charge in [0.05, 0.1) is 11.6 Å². The number of carbonyl (C=O) groups is 2. The third-order valence-corrected chi connectivity index (χ3v) is 4.33. The first-order chi connectivity index (χ1) is 9.41. The second-order valence-electron chi connectivity index (χ2n) is 4.51. The predicted molar refractivity (Wildman–Crippen MR) is 73.1 cm³/mol. The van der Waals surface area contributed by atoms with Crippen LogP contribution in [0.5, 0.6) is 0 Å². The van der Waals surface area contributed by atoms with E-state index < -0.39 is 31.5 Å². The highest BCUT2D eigenvalue weighted by Crippen LogP contribution is 2.34. The van der Waals surface area contributed by atoms with Gasteiger partial charge in [0.1, 0.15) is 0 Å². The van der Waals surface area contributed by atoms with Crippen molar-refractivity contribution in [3.05, 3.63) is 35.9 Å². The first-order valence-corrected chi connectivity index (χ1v) is 7.56. The van der Waals surface area contributed by atoms with Crippen LogP contribution in [-0.4, -0.2) is 32.7 Å². The molecule has 7 heteroatoms. The third kappa shape index (κ3) is 5.15. The number of aliphatic carboxylic acids is 2. The minimum absolute atomic E-state index is 0.145. The summed E-state index contributed by atoms with van der Waals surface area (Å²) >= 11 is 0. The van der Waals surface area contributed by atoms with Crippen LogP contribution >= 0.6 is 8.03 Å². The highest BCUT2D eigenvalue weighted by atomic mass is 31.1. The molecule has 0 aromatic heterocycles. The van der Waals surface area contributed by atoms with E-state index in [1.165, 1.54) is 0 Å². The standard InChI is InChI=1S/C13H17O6P/c14-12(15)7-6-10(13(16)17)11(20(18)19)8-9-4-2-1-3-5-9/h1-5,10-11,20H,6-8H2,(H,14,15)(H,16,17)(H,18,19). The topological polar surface area (TPSA) is 112 Å². The van der Waals surface area contributed by atoms with Gasteiger partial charge in [0.25, 0.3) is 0 Å². The van der Waals surface area contributed by atoms with Crippen molar-refractivity contribution < 1.29 is 29.3 Å². The quantitative estimate of drug-likeness (QED) is 0.629. The normalized spacial score (nSPS) is 15.2. The lowest BCUT2D eigenvalue weighted by Crippen LogP contribution is -2.28. The van der Waals surface area contributed by atoms with Gasteiger partial charge in [-0.2, -0.15) is 0 Å². The van der Waals surface area contributed by atoms with Gasteiger partial charge in [0.15, 0.2) is 8.03 Å². The lowest BCUT2D eigenvalue weighted by Gasteiger charge is -2.21. The van der Waals surface area contributed by atoms with Crippen LogP contribution in [-0.2, 0) is 20.6 Å². The first kappa shape index (κ1) is 16.4. The van der Waals surface area contributed by atoms with Crippen molar-refractivity contribution in [2.45, 2.75) is 24.9 Å². The van der Waals surface area contributed by atoms with Gasteiger partial charge < -0.3 is 15.1 Å². The van der Waals surface area contributed by atoms with E-state index in [1.807, 2.05) is 0 Å². The molecular weight excluding hydrogens is 283 g/mol. The molecule has 1 rings (SSSR count). The number of carboxylic acid groups (broad SMARTS) is 2. The summed E-state index contributed by atoms with van der Waals surface area (Å²) in [5.41, 5.74) is -0.203. The number of carboxylic acids is 2. The summed E-state index contributed by atoms with van der Waals surface area (Å²) in [5.74, 6) is -3.49. The van der Waals surface area contributed by atoms with Crippen LogP contribution in [0.15, 0.2) is 30.3 Å². The number of hydrogen-bond acceptors (Lipinski definition) is 3. The van der Waals surface area contributed by atoms with Gasteiger partial charge in [-0.05, 0) is 18.4 Å². The zero-order chi connectivity index (χ0) is 15.1. The van der Waals surface area contributed by atoms with Crippen LogP contribution in [0.25, 0.3) is 0 Å². The molecule has 0 saturated carbocycles. The molecule has 0 radical (unpaired) electrons. The Hall–Kier alpha value is -1.65. The summed E-state index contributed by atoms with van der Waals surface area (Å²) in [6, 6.07) is 8.80. The van der Waals surface area contributed by atoms with Crippen molar-refractivity contribution in [1.29, 1.82) is 0 Å². The van der Waals surface area contributed by atoms with E-state index in [1.54, 1.807) is 30.3 Å². The summed E-state index contributed by atoms with van der Waals surface area (Å²) in [6.07, 6.45) is -0.345. The van der Waals surface area contributed by atoms with Crippen LogP contribution in [0.3, 0.4) is 0 Å². The van der Waals surface area contributed by atoms with Crippen LogP contribution in [0.4, 0.5) is 0 Å². The largest absolute Gasteiger partial charge is 0.481 e. The van der Waals surface area contributed by atoms with Gasteiger partial charge in [-0.15, -0.1) is 0 Å². The molecule has 3 atom stereocenters. The van der Waals surface area contributed by atoms with Gasteiger partial charge in [0, 0.05) is 6.42 Å². The predicted octanol–water partition coefficient (Wildman–Crippen LogP) is 1.63. The van der Waals surface area contributed by atoms with Gasteiger partial charge in [-0.1, -0.05) is 30.3 Å². The average Bonchev–Trinajstić information content (AvgIpc) is 2.38. The summed E-state index contributed by atoms with van der Waals surface area (Å²) in [5, 5.41) is 17.8. The Bertz CT molecular complexity index is 487. The van der Waals surface area contributed by atoms with E-state index in [9.17, 15) is 19.0 Å². The SMILES string of the molecule is O=C(O)CCC(C(=O)O)C(Cc1ccccc1)[PH](=O)O. The second-order valence-corrected chi connectivity index (χ2v) is 5.93. The Balaban J connectivity index is 2.88. The van der Waals surface area contributed by atoms with Crippen molar-refractivity contribution in [1.82, 2.24) is 0 Å². The number of hydrogen-bond donors (Lipinski definition) is 3. The summed E-state index contributed by atoms with van der Waals surface area (Å²) < 4.78 is 11.5. The van der Waals surface area contributed by atoms with Crippen LogP contribution < -0.4 is 0 Å². The summed E-state index contributed by atoms with van der Waals surface area (Å²) in [7, 11) is -3.08. The van der Waals surface area contributed by atoms with Crippen molar-refractivity contribution in [2.75, 3.05) is 0 Å². The molecule has 110 valence electrons. The van der Waals surface area contributed by atoms with E-state index in [-0.39, 0.29) is 19.3 Å². The van der Waals surface area contributed by atoms with Crippen LogP contribution in [0, 0.1) is 5.92 Å². The molecule has 20 heavy (non-hydrogen) atoms. The average molecular weight is 300 g/mol. The molecule has 0 aliphatic heterocycles. The van der Waals surface area contributed by atoms with Gasteiger partial charge >= 0.3 is 11.9 Å². The molecule has 3 N–H and O–H groups in total. The lowest BCUT2D eigenvalue weighted by atomic mass is 9.94. The summed E-state index contributed by atoms with van der Waals surface area (Å²) in [6.45, 7) is 0. The number of rotatable bonds is 8. The Morgan fingerprint density at radius 3 is 2.20 bits per heavy atom. The van der Waals surface area contributed by atoms with Crippen molar-refractivity contribution in [2.24, 2.45) is 5.92 Å². The molecule has 1 aromatic rings. The molecule has 0 fully saturated rings. The van der Waals surface area contributed by atoms with Gasteiger partial charge in [0.2, 0.25) is 0 Å². The van der Waals surface area contributed by atoms with E-state index in [0.717, 1.165) is 5.56 Å². The smallest absolute Gasteiger partial charge is 0.307 e. The maximum Gasteiger partial charge on any atom is 0.307 e. The Labute approximate surface area is 116 Å². The molecule has 0 spiro atoms. The van der Waals surface area contributed by atoms with E-state index >= 15 is 0 Å². The van der Waals surface area contributed by atoms with Crippen LogP contribution in [0.2, 0.25) is 0 Å². The number of benzene rings is 1. The Morgan fingerprint density at radius 1 is 1.15 bits per heavy atom. The fraction of sp³-hybridized carbons (Fsp3) is 0.385. The molecule has 0 aliphatic rings. The van der Waals surface area contributed by atoms with E-state index in [4.69, 9.17) is 10.2 Å². The maximum atomic E-state index is 11.5. The highest BCUT2D eigenvalue weighted by Gasteiger charge is 2.32. The van der Waals surface area contributed by atoms with Crippen molar-refractivity contribution in [3.63, 3.8) is 0 Å². The van der Waals surface area contributed by atoms with Gasteiger partial charge in [-0.3, -0.25) is 14.2 Å². The van der Waals surface area contributed by atoms with Crippen LogP contribution in [0.1, 0.15) is 18.4 Å². The van der Waals surface area contributed by atoms with Crippen molar-refractivity contribution >= 4 is 20.0 Å². The lowest BCUT2D eigenvalue weighted by molar-refractivity contribution is -0.143. The minimum atomic E-state index is -3.08. The molecule has 0 heterocycles. The zero-order valence-electron chi connectivity index (χ0n) is 10.7.